The molecule has 114 valence electrons. The summed E-state index contributed by atoms with van der Waals surface area (Å²) in [7, 11) is 1.60. The van der Waals surface area contributed by atoms with E-state index in [-0.39, 0.29) is 12.3 Å². The summed E-state index contributed by atoms with van der Waals surface area (Å²) in [6.07, 6.45) is 0.835. The Balaban J connectivity index is 2.01. The smallest absolute Gasteiger partial charge is 0.250 e. The van der Waals surface area contributed by atoms with Gasteiger partial charge >= 0.3 is 0 Å². The molecule has 0 bridgehead atoms. The number of hydrogen-bond donors (Lipinski definition) is 2. The van der Waals surface area contributed by atoms with Gasteiger partial charge in [-0.25, -0.2) is 0 Å². The van der Waals surface area contributed by atoms with E-state index < -0.39 is 5.91 Å². The van der Waals surface area contributed by atoms with Gasteiger partial charge in [-0.05, 0) is 30.2 Å². The van der Waals surface area contributed by atoms with E-state index in [2.05, 4.69) is 5.32 Å². The van der Waals surface area contributed by atoms with Crippen molar-refractivity contribution in [2.75, 3.05) is 12.4 Å². The van der Waals surface area contributed by atoms with Crippen LogP contribution in [0.15, 0.2) is 48.5 Å². The first-order valence-electron chi connectivity index (χ1n) is 6.92. The number of rotatable bonds is 6. The standard InChI is InChI=1S/C17H18N2O3/c1-22-15-9-5-2-6-12(15)10-11-16(20)19-14-8-4-3-7-13(14)17(18)21/h2-9H,10-11H2,1H3,(H2,18,21)(H,19,20). The number of benzene rings is 2. The Morgan fingerprint density at radius 2 is 1.77 bits per heavy atom. The zero-order chi connectivity index (χ0) is 15.9. The summed E-state index contributed by atoms with van der Waals surface area (Å²) in [6, 6.07) is 14.2. The van der Waals surface area contributed by atoms with Crippen LogP contribution in [-0.4, -0.2) is 18.9 Å². The molecule has 0 fully saturated rings. The van der Waals surface area contributed by atoms with E-state index >= 15 is 0 Å². The third-order valence-electron chi connectivity index (χ3n) is 3.28. The number of carbonyl (C=O) groups is 2. The number of para-hydroxylation sites is 2. The number of hydrogen-bond acceptors (Lipinski definition) is 3. The van der Waals surface area contributed by atoms with E-state index in [1.54, 1.807) is 31.4 Å². The second-order valence-corrected chi connectivity index (χ2v) is 4.77. The van der Waals surface area contributed by atoms with Crippen LogP contribution >= 0.6 is 0 Å². The summed E-state index contributed by atoms with van der Waals surface area (Å²) >= 11 is 0. The van der Waals surface area contributed by atoms with E-state index in [1.165, 1.54) is 0 Å². The number of nitrogens with two attached hydrogens (primary N) is 1. The summed E-state index contributed by atoms with van der Waals surface area (Å²) in [6.45, 7) is 0. The molecule has 0 aromatic heterocycles. The van der Waals surface area contributed by atoms with E-state index in [0.717, 1.165) is 11.3 Å². The van der Waals surface area contributed by atoms with Gasteiger partial charge in [0, 0.05) is 6.42 Å². The number of anilines is 1. The highest BCUT2D eigenvalue weighted by Gasteiger charge is 2.11. The van der Waals surface area contributed by atoms with Crippen LogP contribution in [0.3, 0.4) is 0 Å². The number of carbonyl (C=O) groups excluding carboxylic acids is 2. The lowest BCUT2D eigenvalue weighted by Gasteiger charge is -2.10. The number of nitrogens with one attached hydrogen (secondary N) is 1. The van der Waals surface area contributed by atoms with E-state index in [9.17, 15) is 9.59 Å². The first-order valence-corrected chi connectivity index (χ1v) is 6.92. The number of ether oxygens (including phenoxy) is 1. The van der Waals surface area contributed by atoms with Crippen LogP contribution < -0.4 is 15.8 Å². The molecule has 0 aliphatic heterocycles. The molecule has 2 aromatic carbocycles. The van der Waals surface area contributed by atoms with Gasteiger partial charge in [0.1, 0.15) is 5.75 Å². The van der Waals surface area contributed by atoms with Gasteiger partial charge in [-0.2, -0.15) is 0 Å². The third kappa shape index (κ3) is 3.85. The summed E-state index contributed by atoms with van der Waals surface area (Å²) in [4.78, 5) is 23.4. The summed E-state index contributed by atoms with van der Waals surface area (Å²) < 4.78 is 5.25. The molecule has 2 aromatic rings. The molecular formula is C17H18N2O3. The normalized spacial score (nSPS) is 10.0. The second kappa shape index (κ2) is 7.26. The Hall–Kier alpha value is -2.82. The number of primary amides is 1. The van der Waals surface area contributed by atoms with Gasteiger partial charge in [0.15, 0.2) is 0 Å². The Kier molecular flexibility index (Phi) is 5.14. The Labute approximate surface area is 129 Å². The van der Waals surface area contributed by atoms with Crippen molar-refractivity contribution in [3.63, 3.8) is 0 Å². The lowest BCUT2D eigenvalue weighted by Crippen LogP contribution is -2.18. The topological polar surface area (TPSA) is 81.4 Å². The maximum Gasteiger partial charge on any atom is 0.250 e. The molecule has 0 heterocycles. The molecule has 0 saturated heterocycles. The van der Waals surface area contributed by atoms with Gasteiger partial charge in [0.25, 0.3) is 5.91 Å². The van der Waals surface area contributed by atoms with Crippen LogP contribution in [-0.2, 0) is 11.2 Å². The molecule has 0 unspecified atom stereocenters. The van der Waals surface area contributed by atoms with Gasteiger partial charge in [0.2, 0.25) is 5.91 Å². The van der Waals surface area contributed by atoms with Gasteiger partial charge in [0.05, 0.1) is 18.4 Å². The summed E-state index contributed by atoms with van der Waals surface area (Å²) in [5.74, 6) is 0.00747. The molecule has 0 spiro atoms. The van der Waals surface area contributed by atoms with Crippen molar-refractivity contribution in [3.05, 3.63) is 59.7 Å². The number of methoxy groups -OCH3 is 1. The molecule has 0 radical (unpaired) electrons. The molecule has 0 aliphatic rings. The van der Waals surface area contributed by atoms with Crippen molar-refractivity contribution in [2.45, 2.75) is 12.8 Å². The fraction of sp³-hybridized carbons (Fsp3) is 0.176. The Bertz CT molecular complexity index is 683. The highest BCUT2D eigenvalue weighted by atomic mass is 16.5. The molecular weight excluding hydrogens is 280 g/mol. The predicted octanol–water partition coefficient (Wildman–Crippen LogP) is 2.37. The minimum absolute atomic E-state index is 0.181. The summed E-state index contributed by atoms with van der Waals surface area (Å²) in [5.41, 5.74) is 6.98. The molecule has 5 nitrogen and oxygen atoms in total. The van der Waals surface area contributed by atoms with Crippen molar-refractivity contribution in [1.82, 2.24) is 0 Å². The molecule has 0 saturated carbocycles. The quantitative estimate of drug-likeness (QED) is 0.859. The van der Waals surface area contributed by atoms with Crippen LogP contribution in [0.4, 0.5) is 5.69 Å². The molecule has 5 heteroatoms. The van der Waals surface area contributed by atoms with Gasteiger partial charge < -0.3 is 15.8 Å². The SMILES string of the molecule is COc1ccccc1CCC(=O)Nc1ccccc1C(N)=O. The average Bonchev–Trinajstić information content (AvgIpc) is 2.53. The van der Waals surface area contributed by atoms with Gasteiger partial charge in [-0.1, -0.05) is 30.3 Å². The monoisotopic (exact) mass is 298 g/mol. The third-order valence-corrected chi connectivity index (χ3v) is 3.28. The van der Waals surface area contributed by atoms with Crippen molar-refractivity contribution in [2.24, 2.45) is 5.73 Å². The van der Waals surface area contributed by atoms with Crippen LogP contribution in [0, 0.1) is 0 Å². The van der Waals surface area contributed by atoms with Gasteiger partial charge in [-0.15, -0.1) is 0 Å². The van der Waals surface area contributed by atoms with Crippen molar-refractivity contribution in [1.29, 1.82) is 0 Å². The van der Waals surface area contributed by atoms with Crippen LogP contribution in [0.2, 0.25) is 0 Å². The van der Waals surface area contributed by atoms with Crippen molar-refractivity contribution in [3.8, 4) is 5.75 Å². The summed E-state index contributed by atoms with van der Waals surface area (Å²) in [5, 5.41) is 2.72. The van der Waals surface area contributed by atoms with Gasteiger partial charge in [-0.3, -0.25) is 9.59 Å². The molecule has 22 heavy (non-hydrogen) atoms. The second-order valence-electron chi connectivity index (χ2n) is 4.77. The minimum Gasteiger partial charge on any atom is -0.496 e. The molecule has 3 N–H and O–H groups in total. The Morgan fingerprint density at radius 1 is 1.09 bits per heavy atom. The zero-order valence-electron chi connectivity index (χ0n) is 12.3. The molecule has 2 rings (SSSR count). The van der Waals surface area contributed by atoms with Crippen molar-refractivity contribution >= 4 is 17.5 Å². The lowest BCUT2D eigenvalue weighted by atomic mass is 10.1. The van der Waals surface area contributed by atoms with Crippen LogP contribution in [0.5, 0.6) is 5.75 Å². The zero-order valence-corrected chi connectivity index (χ0v) is 12.3. The molecule has 0 aliphatic carbocycles. The number of aryl methyl sites for hydroxylation is 1. The van der Waals surface area contributed by atoms with Crippen molar-refractivity contribution < 1.29 is 14.3 Å². The highest BCUT2D eigenvalue weighted by molar-refractivity contribution is 6.02. The first kappa shape index (κ1) is 15.6. The first-order chi connectivity index (χ1) is 10.6. The van der Waals surface area contributed by atoms with E-state index in [1.807, 2.05) is 24.3 Å². The maximum absolute atomic E-state index is 12.1. The Morgan fingerprint density at radius 3 is 2.50 bits per heavy atom. The van der Waals surface area contributed by atoms with E-state index in [4.69, 9.17) is 10.5 Å². The molecule has 2 amide bonds. The van der Waals surface area contributed by atoms with Crippen LogP contribution in [0.25, 0.3) is 0 Å². The predicted molar refractivity (Wildman–Crippen MR) is 84.9 cm³/mol. The minimum atomic E-state index is -0.569. The lowest BCUT2D eigenvalue weighted by molar-refractivity contribution is -0.116. The highest BCUT2D eigenvalue weighted by Crippen LogP contribution is 2.20. The fourth-order valence-corrected chi connectivity index (χ4v) is 2.18. The van der Waals surface area contributed by atoms with E-state index in [0.29, 0.717) is 17.7 Å². The average molecular weight is 298 g/mol. The molecule has 0 atom stereocenters. The van der Waals surface area contributed by atoms with Crippen LogP contribution in [0.1, 0.15) is 22.3 Å². The fourth-order valence-electron chi connectivity index (χ4n) is 2.18. The largest absolute Gasteiger partial charge is 0.496 e. The number of amides is 2. The maximum atomic E-state index is 12.1.